The van der Waals surface area contributed by atoms with Crippen molar-refractivity contribution < 1.29 is 14.3 Å². The van der Waals surface area contributed by atoms with Gasteiger partial charge >= 0.3 is 6.09 Å². The number of halogens is 1. The van der Waals surface area contributed by atoms with Gasteiger partial charge in [0.15, 0.2) is 0 Å². The molecule has 0 spiro atoms. The van der Waals surface area contributed by atoms with E-state index in [0.717, 1.165) is 12.0 Å². The first-order chi connectivity index (χ1) is 10.1. The van der Waals surface area contributed by atoms with E-state index in [1.165, 1.54) is 4.90 Å². The average Bonchev–Trinajstić information content (AvgIpc) is 2.81. The molecule has 1 aromatic rings. The molecule has 4 nitrogen and oxygen atoms in total. The van der Waals surface area contributed by atoms with Crippen LogP contribution in [0, 0.1) is 0 Å². The first-order valence-corrected chi connectivity index (χ1v) is 7.47. The van der Waals surface area contributed by atoms with Crippen LogP contribution in [-0.2, 0) is 6.54 Å². The number of piperidine rings is 1. The lowest BCUT2D eigenvalue weighted by Gasteiger charge is -2.43. The number of alkyl halides is 1. The van der Waals surface area contributed by atoms with Gasteiger partial charge in [0, 0.05) is 18.6 Å². The third kappa shape index (κ3) is 2.62. The fraction of sp³-hybridized carbons (Fsp3) is 0.562. The van der Waals surface area contributed by atoms with Gasteiger partial charge in [-0.15, -0.1) is 0 Å². The first kappa shape index (κ1) is 14.3. The van der Waals surface area contributed by atoms with Crippen molar-refractivity contribution in [2.75, 3.05) is 7.05 Å². The molecule has 1 N–H and O–H groups in total. The molecule has 4 atom stereocenters. The molecule has 21 heavy (non-hydrogen) atoms. The molecular weight excluding hydrogens is 271 g/mol. The molecule has 5 heteroatoms. The van der Waals surface area contributed by atoms with Gasteiger partial charge in [0.2, 0.25) is 0 Å². The number of rotatable bonds is 3. The number of nitrogens with zero attached hydrogens (tertiary/aromatic N) is 2. The van der Waals surface area contributed by atoms with Crippen LogP contribution >= 0.6 is 0 Å². The van der Waals surface area contributed by atoms with E-state index in [1.807, 2.05) is 42.3 Å². The van der Waals surface area contributed by atoms with Crippen LogP contribution < -0.4 is 0 Å². The Morgan fingerprint density at radius 1 is 1.38 bits per heavy atom. The Morgan fingerprint density at radius 2 is 2.10 bits per heavy atom. The predicted octanol–water partition coefficient (Wildman–Crippen LogP) is 2.74. The van der Waals surface area contributed by atoms with Crippen LogP contribution in [0.1, 0.15) is 24.8 Å². The highest BCUT2D eigenvalue weighted by Crippen LogP contribution is 2.39. The molecule has 2 aliphatic heterocycles. The molecule has 1 aromatic carbocycles. The third-order valence-electron chi connectivity index (χ3n) is 4.86. The lowest BCUT2D eigenvalue weighted by Crippen LogP contribution is -2.58. The van der Waals surface area contributed by atoms with Gasteiger partial charge in [0.05, 0.1) is 6.04 Å². The summed E-state index contributed by atoms with van der Waals surface area (Å²) >= 11 is 0. The lowest BCUT2D eigenvalue weighted by atomic mass is 9.94. The van der Waals surface area contributed by atoms with Crippen molar-refractivity contribution in [1.29, 1.82) is 0 Å². The molecule has 3 rings (SSSR count). The van der Waals surface area contributed by atoms with Crippen LogP contribution in [0.25, 0.3) is 0 Å². The number of benzene rings is 1. The quantitative estimate of drug-likeness (QED) is 0.931. The Labute approximate surface area is 124 Å². The Balaban J connectivity index is 1.71. The van der Waals surface area contributed by atoms with E-state index < -0.39 is 18.3 Å². The fourth-order valence-electron chi connectivity index (χ4n) is 3.83. The van der Waals surface area contributed by atoms with E-state index in [-0.39, 0.29) is 12.1 Å². The summed E-state index contributed by atoms with van der Waals surface area (Å²) < 4.78 is 14.8. The SMILES string of the molecule is CN(Cc1ccccc1)[C@H]1C[C@@H]2CC[C@H]([C@H]1F)N2C(=O)O. The second-order valence-corrected chi connectivity index (χ2v) is 6.14. The summed E-state index contributed by atoms with van der Waals surface area (Å²) in [7, 11) is 1.93. The molecule has 2 fully saturated rings. The second-order valence-electron chi connectivity index (χ2n) is 6.14. The Kier molecular flexibility index (Phi) is 3.85. The zero-order valence-corrected chi connectivity index (χ0v) is 12.2. The summed E-state index contributed by atoms with van der Waals surface area (Å²) in [4.78, 5) is 14.7. The smallest absolute Gasteiger partial charge is 0.407 e. The highest BCUT2D eigenvalue weighted by atomic mass is 19.1. The van der Waals surface area contributed by atoms with Crippen LogP contribution in [0.2, 0.25) is 0 Å². The summed E-state index contributed by atoms with van der Waals surface area (Å²) in [5, 5.41) is 9.24. The van der Waals surface area contributed by atoms with Crippen LogP contribution in [0.15, 0.2) is 30.3 Å². The second kappa shape index (κ2) is 5.64. The molecule has 2 saturated heterocycles. The maximum absolute atomic E-state index is 14.8. The maximum atomic E-state index is 14.8. The third-order valence-corrected chi connectivity index (χ3v) is 4.86. The lowest BCUT2D eigenvalue weighted by molar-refractivity contribution is 0.00217. The van der Waals surface area contributed by atoms with Gasteiger partial charge in [-0.2, -0.15) is 0 Å². The number of hydrogen-bond donors (Lipinski definition) is 1. The van der Waals surface area contributed by atoms with Crippen LogP contribution in [0.3, 0.4) is 0 Å². The van der Waals surface area contributed by atoms with Crippen molar-refractivity contribution in [3.8, 4) is 0 Å². The van der Waals surface area contributed by atoms with Gasteiger partial charge in [0.1, 0.15) is 6.17 Å². The molecule has 2 heterocycles. The summed E-state index contributed by atoms with van der Waals surface area (Å²) in [5.41, 5.74) is 1.15. The Bertz CT molecular complexity index is 510. The minimum Gasteiger partial charge on any atom is -0.465 e. The molecule has 114 valence electrons. The molecule has 1 amide bonds. The molecule has 2 bridgehead atoms. The standard InChI is InChI=1S/C16H21FN2O2/c1-18(10-11-5-3-2-4-6-11)14-9-12-7-8-13(15(14)17)19(12)16(20)21/h2-6,12-15H,7-10H2,1H3,(H,20,21)/t12-,13+,14-,15+/m0/s1. The topological polar surface area (TPSA) is 43.8 Å². The summed E-state index contributed by atoms with van der Waals surface area (Å²) in [6.07, 6.45) is -0.0587. The van der Waals surface area contributed by atoms with Crippen LogP contribution in [0.5, 0.6) is 0 Å². The van der Waals surface area contributed by atoms with Crippen molar-refractivity contribution in [2.45, 2.75) is 50.1 Å². The van der Waals surface area contributed by atoms with Gasteiger partial charge in [-0.1, -0.05) is 30.3 Å². The minimum absolute atomic E-state index is 0.0253. The first-order valence-electron chi connectivity index (χ1n) is 7.47. The van der Waals surface area contributed by atoms with Crippen molar-refractivity contribution >= 4 is 6.09 Å². The zero-order valence-electron chi connectivity index (χ0n) is 12.2. The highest BCUT2D eigenvalue weighted by molar-refractivity contribution is 5.67. The van der Waals surface area contributed by atoms with Gasteiger partial charge < -0.3 is 5.11 Å². The van der Waals surface area contributed by atoms with Gasteiger partial charge in [-0.25, -0.2) is 9.18 Å². The average molecular weight is 292 g/mol. The van der Waals surface area contributed by atoms with E-state index in [9.17, 15) is 14.3 Å². The summed E-state index contributed by atoms with van der Waals surface area (Å²) in [6, 6.07) is 9.30. The largest absolute Gasteiger partial charge is 0.465 e. The normalized spacial score (nSPS) is 31.7. The molecule has 0 radical (unpaired) electrons. The van der Waals surface area contributed by atoms with E-state index in [2.05, 4.69) is 0 Å². The number of carbonyl (C=O) groups is 1. The van der Waals surface area contributed by atoms with Crippen molar-refractivity contribution in [3.63, 3.8) is 0 Å². The monoisotopic (exact) mass is 292 g/mol. The van der Waals surface area contributed by atoms with E-state index in [4.69, 9.17) is 0 Å². The molecule has 0 unspecified atom stereocenters. The van der Waals surface area contributed by atoms with E-state index >= 15 is 0 Å². The minimum atomic E-state index is -1.10. The van der Waals surface area contributed by atoms with Gasteiger partial charge in [-0.05, 0) is 31.9 Å². The number of hydrogen-bond acceptors (Lipinski definition) is 2. The molecule has 0 saturated carbocycles. The predicted molar refractivity (Wildman–Crippen MR) is 77.9 cm³/mol. The highest BCUT2D eigenvalue weighted by Gasteiger charge is 2.50. The fourth-order valence-corrected chi connectivity index (χ4v) is 3.83. The summed E-state index contributed by atoms with van der Waals surface area (Å²) in [5.74, 6) is 0. The molecular formula is C16H21FN2O2. The molecule has 0 aliphatic carbocycles. The number of fused-ring (bicyclic) bond motifs is 2. The van der Waals surface area contributed by atoms with Crippen LogP contribution in [0.4, 0.5) is 9.18 Å². The van der Waals surface area contributed by atoms with Gasteiger partial charge in [0.25, 0.3) is 0 Å². The Hall–Kier alpha value is -1.62. The number of amides is 1. The summed E-state index contributed by atoms with van der Waals surface area (Å²) in [6.45, 7) is 0.693. The van der Waals surface area contributed by atoms with E-state index in [1.54, 1.807) is 0 Å². The Morgan fingerprint density at radius 3 is 2.76 bits per heavy atom. The molecule has 0 aromatic heterocycles. The van der Waals surface area contributed by atoms with Crippen molar-refractivity contribution in [3.05, 3.63) is 35.9 Å². The maximum Gasteiger partial charge on any atom is 0.407 e. The van der Waals surface area contributed by atoms with E-state index in [0.29, 0.717) is 19.4 Å². The van der Waals surface area contributed by atoms with Gasteiger partial charge in [-0.3, -0.25) is 9.80 Å². The van der Waals surface area contributed by atoms with Crippen molar-refractivity contribution in [2.24, 2.45) is 0 Å². The molecule has 2 aliphatic rings. The number of carboxylic acid groups (broad SMARTS) is 1. The van der Waals surface area contributed by atoms with Crippen LogP contribution in [-0.4, -0.2) is 52.3 Å². The zero-order chi connectivity index (χ0) is 15.0. The van der Waals surface area contributed by atoms with Crippen molar-refractivity contribution in [1.82, 2.24) is 9.80 Å².